The van der Waals surface area contributed by atoms with Gasteiger partial charge < -0.3 is 15.8 Å². The number of hydrogen-bond acceptors (Lipinski definition) is 4. The number of likely N-dealkylation sites (tertiary alicyclic amines) is 1. The maximum Gasteiger partial charge on any atom is 0.238 e. The highest BCUT2D eigenvalue weighted by molar-refractivity contribution is 5.93. The Morgan fingerprint density at radius 3 is 2.95 bits per heavy atom. The van der Waals surface area contributed by atoms with Gasteiger partial charge in [-0.05, 0) is 43.5 Å². The number of methoxy groups -OCH3 is 1. The molecule has 0 bridgehead atoms. The van der Waals surface area contributed by atoms with E-state index >= 15 is 0 Å². The highest BCUT2D eigenvalue weighted by Crippen LogP contribution is 2.25. The van der Waals surface area contributed by atoms with E-state index in [1.165, 1.54) is 0 Å². The Kier molecular flexibility index (Phi) is 5.20. The van der Waals surface area contributed by atoms with Crippen molar-refractivity contribution < 1.29 is 9.53 Å². The first-order valence-electron chi connectivity index (χ1n) is 7.42. The van der Waals surface area contributed by atoms with Gasteiger partial charge in [0.15, 0.2) is 0 Å². The zero-order chi connectivity index (χ0) is 15.4. The third kappa shape index (κ3) is 4.19. The van der Waals surface area contributed by atoms with E-state index in [1.54, 1.807) is 7.11 Å². The Morgan fingerprint density at radius 2 is 2.29 bits per heavy atom. The Balaban J connectivity index is 1.94. The number of anilines is 1. The SMILES string of the molecule is COc1ccc(C)cc1NC(=O)CN1CCC(C)C(N)C1. The van der Waals surface area contributed by atoms with Crippen LogP contribution in [0.1, 0.15) is 18.9 Å². The van der Waals surface area contributed by atoms with Crippen molar-refractivity contribution in [3.05, 3.63) is 23.8 Å². The molecule has 0 saturated carbocycles. The monoisotopic (exact) mass is 291 g/mol. The van der Waals surface area contributed by atoms with Gasteiger partial charge in [0.1, 0.15) is 5.75 Å². The molecule has 5 heteroatoms. The minimum Gasteiger partial charge on any atom is -0.495 e. The lowest BCUT2D eigenvalue weighted by Crippen LogP contribution is -2.49. The summed E-state index contributed by atoms with van der Waals surface area (Å²) in [6.07, 6.45) is 1.04. The normalized spacial score (nSPS) is 22.9. The van der Waals surface area contributed by atoms with E-state index in [1.807, 2.05) is 25.1 Å². The van der Waals surface area contributed by atoms with E-state index in [0.717, 1.165) is 30.8 Å². The molecule has 1 saturated heterocycles. The molecule has 1 aliphatic rings. The summed E-state index contributed by atoms with van der Waals surface area (Å²) in [5.74, 6) is 1.18. The molecular formula is C16H25N3O2. The van der Waals surface area contributed by atoms with Crippen molar-refractivity contribution in [1.29, 1.82) is 0 Å². The molecule has 0 radical (unpaired) electrons. The van der Waals surface area contributed by atoms with Gasteiger partial charge in [0.2, 0.25) is 5.91 Å². The quantitative estimate of drug-likeness (QED) is 0.884. The summed E-state index contributed by atoms with van der Waals surface area (Å²) in [5.41, 5.74) is 7.87. The second-order valence-corrected chi connectivity index (χ2v) is 5.92. The van der Waals surface area contributed by atoms with E-state index in [9.17, 15) is 4.79 Å². The molecule has 1 fully saturated rings. The molecule has 1 aliphatic heterocycles. The molecule has 0 aliphatic carbocycles. The van der Waals surface area contributed by atoms with Gasteiger partial charge in [-0.15, -0.1) is 0 Å². The van der Waals surface area contributed by atoms with E-state index in [2.05, 4.69) is 17.1 Å². The number of carbonyl (C=O) groups excluding carboxylic acids is 1. The summed E-state index contributed by atoms with van der Waals surface area (Å²) in [4.78, 5) is 14.3. The summed E-state index contributed by atoms with van der Waals surface area (Å²) < 4.78 is 5.27. The number of piperidine rings is 1. The Morgan fingerprint density at radius 1 is 1.52 bits per heavy atom. The first-order chi connectivity index (χ1) is 9.99. The summed E-state index contributed by atoms with van der Waals surface area (Å²) in [6, 6.07) is 5.89. The standard InChI is InChI=1S/C16H25N3O2/c1-11-4-5-15(21-3)14(8-11)18-16(20)10-19-7-6-12(2)13(17)9-19/h4-5,8,12-13H,6-7,9-10,17H2,1-3H3,(H,18,20). The number of hydrogen-bond donors (Lipinski definition) is 2. The Hall–Kier alpha value is -1.59. The van der Waals surface area contributed by atoms with Crippen LogP contribution in [0.2, 0.25) is 0 Å². The van der Waals surface area contributed by atoms with Crippen molar-refractivity contribution in [2.24, 2.45) is 11.7 Å². The van der Waals surface area contributed by atoms with Crippen LogP contribution in [0.25, 0.3) is 0 Å². The van der Waals surface area contributed by atoms with Gasteiger partial charge in [-0.2, -0.15) is 0 Å². The van der Waals surface area contributed by atoms with Crippen LogP contribution in [0.4, 0.5) is 5.69 Å². The molecule has 1 amide bonds. The number of nitrogens with zero attached hydrogens (tertiary/aromatic N) is 1. The van der Waals surface area contributed by atoms with E-state index in [4.69, 9.17) is 10.5 Å². The van der Waals surface area contributed by atoms with Crippen LogP contribution in [0, 0.1) is 12.8 Å². The maximum absolute atomic E-state index is 12.2. The van der Waals surface area contributed by atoms with E-state index < -0.39 is 0 Å². The predicted octanol–water partition coefficient (Wildman–Crippen LogP) is 1.61. The zero-order valence-corrected chi connectivity index (χ0v) is 13.1. The molecule has 0 aromatic heterocycles. The molecule has 1 aromatic rings. The van der Waals surface area contributed by atoms with Crippen molar-refractivity contribution in [2.45, 2.75) is 26.3 Å². The average molecular weight is 291 g/mol. The smallest absolute Gasteiger partial charge is 0.238 e. The molecule has 2 unspecified atom stereocenters. The molecule has 116 valence electrons. The van der Waals surface area contributed by atoms with Gasteiger partial charge in [0, 0.05) is 12.6 Å². The second-order valence-electron chi connectivity index (χ2n) is 5.92. The number of rotatable bonds is 4. The highest BCUT2D eigenvalue weighted by Gasteiger charge is 2.24. The van der Waals surface area contributed by atoms with Crippen LogP contribution in [0.15, 0.2) is 18.2 Å². The minimum atomic E-state index is -0.0272. The first kappa shape index (κ1) is 15.8. The highest BCUT2D eigenvalue weighted by atomic mass is 16.5. The third-order valence-electron chi connectivity index (χ3n) is 4.10. The number of nitrogens with one attached hydrogen (secondary N) is 1. The van der Waals surface area contributed by atoms with Gasteiger partial charge in [-0.25, -0.2) is 0 Å². The second kappa shape index (κ2) is 6.91. The Labute approximate surface area is 126 Å². The number of nitrogens with two attached hydrogens (primary N) is 1. The van der Waals surface area contributed by atoms with Crippen LogP contribution >= 0.6 is 0 Å². The minimum absolute atomic E-state index is 0.0272. The van der Waals surface area contributed by atoms with Crippen molar-refractivity contribution in [1.82, 2.24) is 4.90 Å². The van der Waals surface area contributed by atoms with Crippen molar-refractivity contribution in [2.75, 3.05) is 32.1 Å². The van der Waals surface area contributed by atoms with Crippen LogP contribution in [-0.4, -0.2) is 43.6 Å². The maximum atomic E-state index is 12.2. The van der Waals surface area contributed by atoms with E-state index in [-0.39, 0.29) is 11.9 Å². The fraction of sp³-hybridized carbons (Fsp3) is 0.562. The Bertz CT molecular complexity index is 504. The number of benzene rings is 1. The lowest BCUT2D eigenvalue weighted by molar-refractivity contribution is -0.117. The zero-order valence-electron chi connectivity index (χ0n) is 13.1. The van der Waals surface area contributed by atoms with Crippen LogP contribution in [0.5, 0.6) is 5.75 Å². The first-order valence-corrected chi connectivity index (χ1v) is 7.42. The fourth-order valence-electron chi connectivity index (χ4n) is 2.63. The molecule has 5 nitrogen and oxygen atoms in total. The molecule has 21 heavy (non-hydrogen) atoms. The molecule has 1 heterocycles. The number of aryl methyl sites for hydroxylation is 1. The van der Waals surface area contributed by atoms with Gasteiger partial charge in [0.25, 0.3) is 0 Å². The summed E-state index contributed by atoms with van der Waals surface area (Å²) in [5, 5.41) is 2.93. The van der Waals surface area contributed by atoms with Crippen molar-refractivity contribution in [3.63, 3.8) is 0 Å². The molecule has 2 rings (SSSR count). The third-order valence-corrected chi connectivity index (χ3v) is 4.10. The predicted molar refractivity (Wildman–Crippen MR) is 84.6 cm³/mol. The van der Waals surface area contributed by atoms with Crippen molar-refractivity contribution >= 4 is 11.6 Å². The summed E-state index contributed by atoms with van der Waals surface area (Å²) >= 11 is 0. The van der Waals surface area contributed by atoms with Gasteiger partial charge in [-0.1, -0.05) is 13.0 Å². The number of ether oxygens (including phenoxy) is 1. The summed E-state index contributed by atoms with van der Waals surface area (Å²) in [6.45, 7) is 6.23. The largest absolute Gasteiger partial charge is 0.495 e. The van der Waals surface area contributed by atoms with E-state index in [0.29, 0.717) is 18.2 Å². The molecular weight excluding hydrogens is 266 g/mol. The van der Waals surface area contributed by atoms with Crippen LogP contribution in [0.3, 0.4) is 0 Å². The molecule has 0 spiro atoms. The lowest BCUT2D eigenvalue weighted by atomic mass is 9.94. The molecule has 3 N–H and O–H groups in total. The van der Waals surface area contributed by atoms with Crippen molar-refractivity contribution in [3.8, 4) is 5.75 Å². The topological polar surface area (TPSA) is 67.6 Å². The van der Waals surface area contributed by atoms with Crippen LogP contribution < -0.4 is 15.8 Å². The van der Waals surface area contributed by atoms with Crippen LogP contribution in [-0.2, 0) is 4.79 Å². The van der Waals surface area contributed by atoms with Gasteiger partial charge in [-0.3, -0.25) is 9.69 Å². The average Bonchev–Trinajstić information content (AvgIpc) is 2.43. The molecule has 1 aromatic carbocycles. The van der Waals surface area contributed by atoms with Gasteiger partial charge in [0.05, 0.1) is 19.3 Å². The van der Waals surface area contributed by atoms with Gasteiger partial charge >= 0.3 is 0 Å². The molecule has 2 atom stereocenters. The number of amides is 1. The summed E-state index contributed by atoms with van der Waals surface area (Å²) in [7, 11) is 1.60. The lowest BCUT2D eigenvalue weighted by Gasteiger charge is -2.34. The fourth-order valence-corrected chi connectivity index (χ4v) is 2.63. The number of carbonyl (C=O) groups is 1.